The lowest BCUT2D eigenvalue weighted by atomic mass is 9.76. The average Bonchev–Trinajstić information content (AvgIpc) is 2.35. The number of amides is 1. The zero-order valence-corrected chi connectivity index (χ0v) is 11.7. The van der Waals surface area contributed by atoms with E-state index in [1.165, 1.54) is 0 Å². The third-order valence-electron chi connectivity index (χ3n) is 4.76. The molecule has 1 amide bonds. The molecule has 0 aromatic heterocycles. The maximum Gasteiger partial charge on any atom is 0.223 e. The van der Waals surface area contributed by atoms with Gasteiger partial charge < -0.3 is 16.0 Å². The fraction of sp³-hybridized carbons (Fsp3) is 0.929. The molecule has 2 aliphatic rings. The van der Waals surface area contributed by atoms with Crippen LogP contribution >= 0.6 is 0 Å². The highest BCUT2D eigenvalue weighted by atomic mass is 16.2. The normalized spacial score (nSPS) is 35.4. The van der Waals surface area contributed by atoms with Gasteiger partial charge >= 0.3 is 0 Å². The Morgan fingerprint density at radius 3 is 2.56 bits per heavy atom. The molecule has 104 valence electrons. The number of hydrogen-bond donors (Lipinski definition) is 2. The van der Waals surface area contributed by atoms with Crippen LogP contribution in [0.4, 0.5) is 0 Å². The molecule has 2 rings (SSSR count). The molecule has 4 nitrogen and oxygen atoms in total. The summed E-state index contributed by atoms with van der Waals surface area (Å²) in [6.45, 7) is 4.30. The van der Waals surface area contributed by atoms with Gasteiger partial charge in [0.1, 0.15) is 0 Å². The van der Waals surface area contributed by atoms with Gasteiger partial charge in [0.05, 0.1) is 0 Å². The van der Waals surface area contributed by atoms with Crippen molar-refractivity contribution in [2.45, 2.75) is 51.1 Å². The van der Waals surface area contributed by atoms with Gasteiger partial charge in [-0.15, -0.1) is 0 Å². The molecule has 4 heteroatoms. The molecule has 0 radical (unpaired) electrons. The van der Waals surface area contributed by atoms with Crippen LogP contribution in [-0.2, 0) is 4.79 Å². The van der Waals surface area contributed by atoms with Crippen LogP contribution in [0.15, 0.2) is 0 Å². The third-order valence-corrected chi connectivity index (χ3v) is 4.76. The molecule has 2 fully saturated rings. The molecule has 0 aromatic carbocycles. The first-order valence-corrected chi connectivity index (χ1v) is 7.32. The van der Waals surface area contributed by atoms with E-state index in [0.29, 0.717) is 12.0 Å². The van der Waals surface area contributed by atoms with Gasteiger partial charge in [0, 0.05) is 18.0 Å². The first-order valence-electron chi connectivity index (χ1n) is 7.32. The van der Waals surface area contributed by atoms with Crippen molar-refractivity contribution in [3.05, 3.63) is 0 Å². The van der Waals surface area contributed by atoms with E-state index in [1.54, 1.807) is 0 Å². The van der Waals surface area contributed by atoms with Crippen LogP contribution in [0.3, 0.4) is 0 Å². The van der Waals surface area contributed by atoms with Gasteiger partial charge in [-0.05, 0) is 51.7 Å². The molecule has 1 aliphatic heterocycles. The number of nitrogens with one attached hydrogen (secondary N) is 1. The van der Waals surface area contributed by atoms with E-state index in [1.807, 2.05) is 0 Å². The van der Waals surface area contributed by atoms with Gasteiger partial charge in [-0.1, -0.05) is 13.3 Å². The first kappa shape index (κ1) is 13.8. The molecule has 1 saturated heterocycles. The van der Waals surface area contributed by atoms with Crippen molar-refractivity contribution in [2.75, 3.05) is 20.1 Å². The summed E-state index contributed by atoms with van der Waals surface area (Å²) >= 11 is 0. The highest BCUT2D eigenvalue weighted by molar-refractivity contribution is 5.79. The predicted molar refractivity (Wildman–Crippen MR) is 73.1 cm³/mol. The maximum absolute atomic E-state index is 12.3. The smallest absolute Gasteiger partial charge is 0.223 e. The molecule has 1 saturated carbocycles. The Labute approximate surface area is 110 Å². The number of nitrogens with zero attached hydrogens (tertiary/aromatic N) is 1. The van der Waals surface area contributed by atoms with Crippen LogP contribution in [0, 0.1) is 11.8 Å². The van der Waals surface area contributed by atoms with E-state index in [0.717, 1.165) is 45.2 Å². The van der Waals surface area contributed by atoms with Crippen LogP contribution in [0.25, 0.3) is 0 Å². The topological polar surface area (TPSA) is 58.4 Å². The quantitative estimate of drug-likeness (QED) is 0.770. The Balaban J connectivity index is 1.83. The molecular formula is C14H27N3O. The highest BCUT2D eigenvalue weighted by Gasteiger charge is 2.33. The number of rotatable bonds is 2. The molecule has 0 aromatic rings. The summed E-state index contributed by atoms with van der Waals surface area (Å²) in [5.41, 5.74) is 6.07. The first-order chi connectivity index (χ1) is 8.58. The van der Waals surface area contributed by atoms with Gasteiger partial charge in [-0.3, -0.25) is 4.79 Å². The largest absolute Gasteiger partial charge is 0.353 e. The molecule has 3 N–H and O–H groups in total. The Hall–Kier alpha value is -0.610. The second-order valence-corrected chi connectivity index (χ2v) is 6.15. The van der Waals surface area contributed by atoms with Gasteiger partial charge in [0.2, 0.25) is 5.91 Å². The van der Waals surface area contributed by atoms with Gasteiger partial charge in [0.25, 0.3) is 0 Å². The summed E-state index contributed by atoms with van der Waals surface area (Å²) in [6.07, 6.45) is 5.33. The van der Waals surface area contributed by atoms with Crippen molar-refractivity contribution < 1.29 is 4.79 Å². The van der Waals surface area contributed by atoms with Gasteiger partial charge in [-0.2, -0.15) is 0 Å². The standard InChI is InChI=1S/C14H27N3O/c1-10-12(4-3-5-13(10)15)14(18)16-11-6-8-17(2)9-7-11/h10-13H,3-9,15H2,1-2H3,(H,16,18). The number of carbonyl (C=O) groups is 1. The van der Waals surface area contributed by atoms with Crippen molar-refractivity contribution in [2.24, 2.45) is 17.6 Å². The molecule has 18 heavy (non-hydrogen) atoms. The van der Waals surface area contributed by atoms with E-state index in [2.05, 4.69) is 24.2 Å². The minimum Gasteiger partial charge on any atom is -0.353 e. The van der Waals surface area contributed by atoms with Crippen molar-refractivity contribution in [1.29, 1.82) is 0 Å². The Morgan fingerprint density at radius 2 is 1.89 bits per heavy atom. The lowest BCUT2D eigenvalue weighted by molar-refractivity contribution is -0.128. The fourth-order valence-electron chi connectivity index (χ4n) is 3.23. The maximum atomic E-state index is 12.3. The summed E-state index contributed by atoms with van der Waals surface area (Å²) in [4.78, 5) is 14.6. The molecule has 3 atom stereocenters. The summed E-state index contributed by atoms with van der Waals surface area (Å²) in [5, 5.41) is 3.24. The number of carbonyl (C=O) groups excluding carboxylic acids is 1. The van der Waals surface area contributed by atoms with Crippen LogP contribution in [0.2, 0.25) is 0 Å². The van der Waals surface area contributed by atoms with Crippen molar-refractivity contribution in [1.82, 2.24) is 10.2 Å². The third kappa shape index (κ3) is 3.23. The van der Waals surface area contributed by atoms with E-state index >= 15 is 0 Å². The lowest BCUT2D eigenvalue weighted by Gasteiger charge is -2.35. The fourth-order valence-corrected chi connectivity index (χ4v) is 3.23. The minimum atomic E-state index is 0.133. The molecule has 3 unspecified atom stereocenters. The predicted octanol–water partition coefficient (Wildman–Crippen LogP) is 0.960. The SMILES string of the molecule is CC1C(N)CCCC1C(=O)NC1CCN(C)CC1. The second kappa shape index (κ2) is 6.02. The van der Waals surface area contributed by atoms with Crippen LogP contribution in [0.1, 0.15) is 39.0 Å². The summed E-state index contributed by atoms with van der Waals surface area (Å²) < 4.78 is 0. The molecule has 0 spiro atoms. The van der Waals surface area contributed by atoms with Crippen LogP contribution in [-0.4, -0.2) is 43.0 Å². The molecule has 1 aliphatic carbocycles. The number of nitrogens with two attached hydrogens (primary N) is 1. The van der Waals surface area contributed by atoms with Gasteiger partial charge in [0.15, 0.2) is 0 Å². The van der Waals surface area contributed by atoms with Crippen molar-refractivity contribution in [3.63, 3.8) is 0 Å². The van der Waals surface area contributed by atoms with E-state index in [4.69, 9.17) is 5.73 Å². The Bertz CT molecular complexity index is 287. The monoisotopic (exact) mass is 253 g/mol. The lowest BCUT2D eigenvalue weighted by Crippen LogP contribution is -2.49. The van der Waals surface area contributed by atoms with Crippen molar-refractivity contribution >= 4 is 5.91 Å². The second-order valence-electron chi connectivity index (χ2n) is 6.15. The summed E-state index contributed by atoms with van der Waals surface area (Å²) in [7, 11) is 2.14. The zero-order valence-electron chi connectivity index (χ0n) is 11.7. The van der Waals surface area contributed by atoms with Gasteiger partial charge in [-0.25, -0.2) is 0 Å². The number of piperidine rings is 1. The van der Waals surface area contributed by atoms with E-state index in [-0.39, 0.29) is 17.9 Å². The number of likely N-dealkylation sites (tertiary alicyclic amines) is 1. The summed E-state index contributed by atoms with van der Waals surface area (Å²) in [5.74, 6) is 0.700. The van der Waals surface area contributed by atoms with E-state index in [9.17, 15) is 4.79 Å². The average molecular weight is 253 g/mol. The van der Waals surface area contributed by atoms with Crippen molar-refractivity contribution in [3.8, 4) is 0 Å². The molecule has 0 bridgehead atoms. The molecular weight excluding hydrogens is 226 g/mol. The summed E-state index contributed by atoms with van der Waals surface area (Å²) in [6, 6.07) is 0.575. The zero-order chi connectivity index (χ0) is 13.1. The number of hydrogen-bond acceptors (Lipinski definition) is 3. The van der Waals surface area contributed by atoms with E-state index < -0.39 is 0 Å². The molecule has 1 heterocycles. The Kier molecular flexibility index (Phi) is 4.62. The minimum absolute atomic E-state index is 0.133. The highest BCUT2D eigenvalue weighted by Crippen LogP contribution is 2.29. The van der Waals surface area contributed by atoms with Crippen LogP contribution < -0.4 is 11.1 Å². The van der Waals surface area contributed by atoms with Crippen LogP contribution in [0.5, 0.6) is 0 Å². The Morgan fingerprint density at radius 1 is 1.22 bits per heavy atom.